The fourth-order valence-corrected chi connectivity index (χ4v) is 4.15. The average Bonchev–Trinajstić information content (AvgIpc) is 3.08. The van der Waals surface area contributed by atoms with E-state index in [2.05, 4.69) is 27.8 Å². The van der Waals surface area contributed by atoms with Gasteiger partial charge in [-0.25, -0.2) is 9.37 Å². The molecule has 2 heterocycles. The van der Waals surface area contributed by atoms with Crippen LogP contribution in [0.15, 0.2) is 42.5 Å². The van der Waals surface area contributed by atoms with Crippen molar-refractivity contribution >= 4 is 34.2 Å². The molecule has 5 nitrogen and oxygen atoms in total. The molecular formula is C22H24ClFN4O. The number of hydrogen-bond donors (Lipinski definition) is 1. The molecule has 29 heavy (non-hydrogen) atoms. The van der Waals surface area contributed by atoms with E-state index in [4.69, 9.17) is 16.6 Å². The summed E-state index contributed by atoms with van der Waals surface area (Å²) in [5.74, 6) is 0.488. The molecule has 1 N–H and O–H groups in total. The second-order valence-corrected chi connectivity index (χ2v) is 7.84. The fraction of sp³-hybridized carbons (Fsp3) is 0.364. The Morgan fingerprint density at radius 2 is 2.00 bits per heavy atom. The number of nitrogens with zero attached hydrogens (tertiary/aromatic N) is 3. The van der Waals surface area contributed by atoms with Gasteiger partial charge in [-0.05, 0) is 63.2 Å². The summed E-state index contributed by atoms with van der Waals surface area (Å²) in [4.78, 5) is 19.7. The third-order valence-electron chi connectivity index (χ3n) is 5.56. The van der Waals surface area contributed by atoms with Gasteiger partial charge in [0, 0.05) is 18.2 Å². The van der Waals surface area contributed by atoms with Gasteiger partial charge in [0.05, 0.1) is 22.6 Å². The van der Waals surface area contributed by atoms with Crippen molar-refractivity contribution in [1.82, 2.24) is 14.5 Å². The van der Waals surface area contributed by atoms with Crippen LogP contribution in [0, 0.1) is 11.7 Å². The van der Waals surface area contributed by atoms with E-state index in [1.807, 2.05) is 18.2 Å². The minimum absolute atomic E-state index is 0.0106. The molecule has 0 radical (unpaired) electrons. The summed E-state index contributed by atoms with van der Waals surface area (Å²) in [5.41, 5.74) is 2.72. The number of rotatable bonds is 5. The SMILES string of the molecule is CCn1c(CN2CCC(C(=O)Nc3ccc(F)c(Cl)c3)CC2)nc2ccccc21. The molecule has 1 saturated heterocycles. The Bertz CT molecular complexity index is 1030. The molecule has 1 fully saturated rings. The molecule has 7 heteroatoms. The molecule has 1 aliphatic rings. The van der Waals surface area contributed by atoms with Crippen LogP contribution >= 0.6 is 11.6 Å². The maximum absolute atomic E-state index is 13.3. The molecule has 1 aliphatic heterocycles. The Morgan fingerprint density at radius 3 is 2.72 bits per heavy atom. The van der Waals surface area contributed by atoms with Crippen molar-refractivity contribution < 1.29 is 9.18 Å². The first-order chi connectivity index (χ1) is 14.0. The number of fused-ring (bicyclic) bond motifs is 1. The van der Waals surface area contributed by atoms with Crippen LogP contribution < -0.4 is 5.32 Å². The Kier molecular flexibility index (Phi) is 5.83. The highest BCUT2D eigenvalue weighted by Crippen LogP contribution is 2.24. The van der Waals surface area contributed by atoms with Crippen molar-refractivity contribution in [1.29, 1.82) is 0 Å². The van der Waals surface area contributed by atoms with Gasteiger partial charge in [-0.3, -0.25) is 9.69 Å². The van der Waals surface area contributed by atoms with Gasteiger partial charge in [-0.2, -0.15) is 0 Å². The Balaban J connectivity index is 1.36. The van der Waals surface area contributed by atoms with Crippen LogP contribution in [0.5, 0.6) is 0 Å². The van der Waals surface area contributed by atoms with Crippen molar-refractivity contribution in [2.45, 2.75) is 32.9 Å². The number of hydrogen-bond acceptors (Lipinski definition) is 3. The highest BCUT2D eigenvalue weighted by atomic mass is 35.5. The van der Waals surface area contributed by atoms with Gasteiger partial charge in [0.25, 0.3) is 0 Å². The zero-order chi connectivity index (χ0) is 20.4. The number of carbonyl (C=O) groups excluding carboxylic acids is 1. The number of halogens is 2. The number of carbonyl (C=O) groups is 1. The van der Waals surface area contributed by atoms with Gasteiger partial charge >= 0.3 is 0 Å². The van der Waals surface area contributed by atoms with E-state index in [1.54, 1.807) is 0 Å². The van der Waals surface area contributed by atoms with E-state index in [-0.39, 0.29) is 16.8 Å². The maximum atomic E-state index is 13.3. The smallest absolute Gasteiger partial charge is 0.227 e. The van der Waals surface area contributed by atoms with E-state index in [9.17, 15) is 9.18 Å². The molecule has 2 aromatic carbocycles. The number of imidazole rings is 1. The lowest BCUT2D eigenvalue weighted by molar-refractivity contribution is -0.121. The van der Waals surface area contributed by atoms with Gasteiger partial charge in [-0.15, -0.1) is 0 Å². The maximum Gasteiger partial charge on any atom is 0.227 e. The standard InChI is InChI=1S/C22H24ClFN4O/c1-2-28-20-6-4-3-5-19(20)26-21(28)14-27-11-9-15(10-12-27)22(29)25-16-7-8-18(24)17(23)13-16/h3-8,13,15H,2,9-12,14H2,1H3,(H,25,29). The van der Waals surface area contributed by atoms with Crippen LogP contribution in [0.1, 0.15) is 25.6 Å². The predicted molar refractivity (Wildman–Crippen MR) is 113 cm³/mol. The first-order valence-electron chi connectivity index (χ1n) is 9.97. The lowest BCUT2D eigenvalue weighted by Gasteiger charge is -2.31. The third-order valence-corrected chi connectivity index (χ3v) is 5.85. The Hall–Kier alpha value is -2.44. The van der Waals surface area contributed by atoms with E-state index < -0.39 is 5.82 Å². The van der Waals surface area contributed by atoms with Crippen LogP contribution in [0.2, 0.25) is 5.02 Å². The van der Waals surface area contributed by atoms with Crippen LogP contribution in [0.3, 0.4) is 0 Å². The highest BCUT2D eigenvalue weighted by molar-refractivity contribution is 6.31. The average molecular weight is 415 g/mol. The first-order valence-corrected chi connectivity index (χ1v) is 10.4. The number of aryl methyl sites for hydroxylation is 1. The Labute approximate surface area is 174 Å². The minimum Gasteiger partial charge on any atom is -0.327 e. The molecule has 1 aromatic heterocycles. The second kappa shape index (κ2) is 8.51. The predicted octanol–water partition coefficient (Wildman–Crippen LogP) is 4.70. The molecule has 0 atom stereocenters. The first kappa shape index (κ1) is 19.9. The zero-order valence-electron chi connectivity index (χ0n) is 16.4. The van der Waals surface area contributed by atoms with E-state index >= 15 is 0 Å². The van der Waals surface area contributed by atoms with Crippen molar-refractivity contribution in [3.63, 3.8) is 0 Å². The number of anilines is 1. The van der Waals surface area contributed by atoms with Crippen LogP contribution in [0.4, 0.5) is 10.1 Å². The normalized spacial score (nSPS) is 15.7. The summed E-state index contributed by atoms with van der Waals surface area (Å²) >= 11 is 5.79. The number of amides is 1. The Morgan fingerprint density at radius 1 is 1.24 bits per heavy atom. The zero-order valence-corrected chi connectivity index (χ0v) is 17.1. The quantitative estimate of drug-likeness (QED) is 0.658. The molecule has 0 saturated carbocycles. The lowest BCUT2D eigenvalue weighted by atomic mass is 9.96. The topological polar surface area (TPSA) is 50.2 Å². The van der Waals surface area contributed by atoms with Gasteiger partial charge in [-0.1, -0.05) is 23.7 Å². The molecular weight excluding hydrogens is 391 g/mol. The number of benzene rings is 2. The summed E-state index contributed by atoms with van der Waals surface area (Å²) in [7, 11) is 0. The summed E-state index contributed by atoms with van der Waals surface area (Å²) in [6, 6.07) is 12.4. The highest BCUT2D eigenvalue weighted by Gasteiger charge is 2.26. The molecule has 152 valence electrons. The molecule has 4 rings (SSSR count). The van der Waals surface area contributed by atoms with E-state index in [0.717, 1.165) is 55.9 Å². The van der Waals surface area contributed by atoms with E-state index in [1.165, 1.54) is 18.2 Å². The molecule has 0 bridgehead atoms. The third kappa shape index (κ3) is 4.28. The van der Waals surface area contributed by atoms with Crippen molar-refractivity contribution in [3.05, 3.63) is 59.1 Å². The van der Waals surface area contributed by atoms with Crippen LogP contribution in [0.25, 0.3) is 11.0 Å². The largest absolute Gasteiger partial charge is 0.327 e. The fourth-order valence-electron chi connectivity index (χ4n) is 3.97. The lowest BCUT2D eigenvalue weighted by Crippen LogP contribution is -2.38. The van der Waals surface area contributed by atoms with Gasteiger partial charge in [0.1, 0.15) is 11.6 Å². The summed E-state index contributed by atoms with van der Waals surface area (Å²) in [6.45, 7) is 5.49. The van der Waals surface area contributed by atoms with Crippen LogP contribution in [-0.4, -0.2) is 33.4 Å². The second-order valence-electron chi connectivity index (χ2n) is 7.43. The number of nitrogens with one attached hydrogen (secondary N) is 1. The minimum atomic E-state index is -0.490. The summed E-state index contributed by atoms with van der Waals surface area (Å²) < 4.78 is 15.5. The number of likely N-dealkylation sites (tertiary alicyclic amines) is 1. The number of para-hydroxylation sites is 2. The molecule has 0 unspecified atom stereocenters. The van der Waals surface area contributed by atoms with Crippen molar-refractivity contribution in [3.8, 4) is 0 Å². The van der Waals surface area contributed by atoms with Crippen molar-refractivity contribution in [2.75, 3.05) is 18.4 Å². The van der Waals surface area contributed by atoms with Gasteiger partial charge in [0.2, 0.25) is 5.91 Å². The van der Waals surface area contributed by atoms with E-state index in [0.29, 0.717) is 5.69 Å². The molecule has 0 spiro atoms. The molecule has 0 aliphatic carbocycles. The molecule has 3 aromatic rings. The number of aromatic nitrogens is 2. The number of piperidine rings is 1. The summed E-state index contributed by atoms with van der Waals surface area (Å²) in [6.07, 6.45) is 1.57. The van der Waals surface area contributed by atoms with Crippen molar-refractivity contribution in [2.24, 2.45) is 5.92 Å². The van der Waals surface area contributed by atoms with Gasteiger partial charge < -0.3 is 9.88 Å². The van der Waals surface area contributed by atoms with Crippen LogP contribution in [-0.2, 0) is 17.9 Å². The van der Waals surface area contributed by atoms with Gasteiger partial charge in [0.15, 0.2) is 0 Å². The summed E-state index contributed by atoms with van der Waals surface area (Å²) in [5, 5.41) is 2.87. The molecule has 1 amide bonds. The monoisotopic (exact) mass is 414 g/mol.